The number of rotatable bonds is 14. The Balaban J connectivity index is 3.49. The molecule has 0 heterocycles. The Morgan fingerprint density at radius 1 is 1.11 bits per heavy atom. The molecule has 0 aliphatic heterocycles. The van der Waals surface area contributed by atoms with Gasteiger partial charge in [-0.3, -0.25) is 9.59 Å². The summed E-state index contributed by atoms with van der Waals surface area (Å²) in [6.07, 6.45) is 4.92. The number of aromatic hydroxyl groups is 1. The number of phenols is 1. The van der Waals surface area contributed by atoms with Gasteiger partial charge in [0.25, 0.3) is 0 Å². The predicted molar refractivity (Wildman–Crippen MR) is 151 cm³/mol. The summed E-state index contributed by atoms with van der Waals surface area (Å²) in [6, 6.07) is 3.16. The molecule has 0 saturated heterocycles. The number of alkyl carbamates (subject to hydrolysis) is 1. The van der Waals surface area contributed by atoms with E-state index in [1.165, 1.54) is 0 Å². The Bertz CT molecular complexity index is 887. The molecule has 1 aromatic carbocycles. The Morgan fingerprint density at radius 3 is 2.32 bits per heavy atom. The number of aryl methyl sites for hydroxylation is 1. The molecule has 0 radical (unpaired) electrons. The van der Waals surface area contributed by atoms with Crippen LogP contribution in [0.25, 0.3) is 0 Å². The summed E-state index contributed by atoms with van der Waals surface area (Å²) in [6.45, 7) is 13.4. The number of carbonyl (C=O) groups excluding carboxylic acids is 3. The summed E-state index contributed by atoms with van der Waals surface area (Å²) in [5, 5.41) is 15.9. The zero-order valence-corrected chi connectivity index (χ0v) is 24.7. The summed E-state index contributed by atoms with van der Waals surface area (Å²) in [7, 11) is 0. The second-order valence-electron chi connectivity index (χ2n) is 10.5. The summed E-state index contributed by atoms with van der Waals surface area (Å²) in [5.41, 5.74) is 0.521. The number of benzene rings is 1. The van der Waals surface area contributed by atoms with E-state index in [4.69, 9.17) is 4.74 Å². The topological polar surface area (TPSA) is 108 Å². The van der Waals surface area contributed by atoms with Gasteiger partial charge >= 0.3 is 6.09 Å². The Hall–Kier alpha value is -2.42. The Labute approximate surface area is 227 Å². The minimum Gasteiger partial charge on any atom is -0.508 e. The van der Waals surface area contributed by atoms with Gasteiger partial charge < -0.3 is 25.4 Å². The first-order chi connectivity index (χ1) is 17.3. The lowest BCUT2D eigenvalue weighted by molar-refractivity contribution is -0.142. The molecular weight excluding hydrogens is 490 g/mol. The second-order valence-corrected chi connectivity index (χ2v) is 11.5. The SMILES string of the molecule is CCCCN(C(=O)C(CCSC)NC(=O)OC(C)(C)C)C(C(=O)NC(C)CCC)c1ccc(O)c(C)c1. The van der Waals surface area contributed by atoms with Gasteiger partial charge in [0, 0.05) is 12.6 Å². The smallest absolute Gasteiger partial charge is 0.408 e. The molecule has 3 amide bonds. The van der Waals surface area contributed by atoms with E-state index in [2.05, 4.69) is 17.6 Å². The van der Waals surface area contributed by atoms with Crippen LogP contribution in [0.2, 0.25) is 0 Å². The van der Waals surface area contributed by atoms with Gasteiger partial charge in [-0.15, -0.1) is 0 Å². The van der Waals surface area contributed by atoms with Crippen molar-refractivity contribution in [3.05, 3.63) is 29.3 Å². The normalized spacial score (nSPS) is 13.8. The van der Waals surface area contributed by atoms with Crippen LogP contribution in [0, 0.1) is 6.92 Å². The van der Waals surface area contributed by atoms with Crippen LogP contribution >= 0.6 is 11.8 Å². The van der Waals surface area contributed by atoms with Crippen LogP contribution in [0.4, 0.5) is 4.79 Å². The lowest BCUT2D eigenvalue weighted by atomic mass is 9.99. The summed E-state index contributed by atoms with van der Waals surface area (Å²) in [5.74, 6) is 0.160. The van der Waals surface area contributed by atoms with Crippen LogP contribution in [0.15, 0.2) is 18.2 Å². The Kier molecular flexibility index (Phi) is 13.9. The van der Waals surface area contributed by atoms with Crippen molar-refractivity contribution in [3.8, 4) is 5.75 Å². The molecule has 3 unspecified atom stereocenters. The summed E-state index contributed by atoms with van der Waals surface area (Å²) >= 11 is 1.58. The highest BCUT2D eigenvalue weighted by Crippen LogP contribution is 2.28. The summed E-state index contributed by atoms with van der Waals surface area (Å²) < 4.78 is 5.43. The third-order valence-corrected chi connectivity index (χ3v) is 6.49. The predicted octanol–water partition coefficient (Wildman–Crippen LogP) is 5.32. The van der Waals surface area contributed by atoms with Crippen molar-refractivity contribution in [2.75, 3.05) is 18.6 Å². The minimum absolute atomic E-state index is 0.0616. The van der Waals surface area contributed by atoms with Crippen molar-refractivity contribution in [3.63, 3.8) is 0 Å². The zero-order chi connectivity index (χ0) is 28.2. The van der Waals surface area contributed by atoms with Crippen molar-refractivity contribution in [1.82, 2.24) is 15.5 Å². The molecule has 0 bridgehead atoms. The van der Waals surface area contributed by atoms with E-state index < -0.39 is 23.8 Å². The van der Waals surface area contributed by atoms with Gasteiger partial charge in [0.15, 0.2) is 0 Å². The molecule has 0 aliphatic carbocycles. The number of unbranched alkanes of at least 4 members (excludes halogenated alkanes) is 1. The molecule has 0 saturated carbocycles. The monoisotopic (exact) mass is 537 g/mol. The third kappa shape index (κ3) is 11.2. The lowest BCUT2D eigenvalue weighted by Gasteiger charge is -2.35. The molecule has 3 N–H and O–H groups in total. The van der Waals surface area contributed by atoms with E-state index in [1.807, 2.05) is 20.1 Å². The first-order valence-electron chi connectivity index (χ1n) is 13.2. The van der Waals surface area contributed by atoms with Gasteiger partial charge in [0.2, 0.25) is 11.8 Å². The number of nitrogens with zero attached hydrogens (tertiary/aromatic N) is 1. The number of hydrogen-bond acceptors (Lipinski definition) is 6. The van der Waals surface area contributed by atoms with Crippen LogP contribution < -0.4 is 10.6 Å². The van der Waals surface area contributed by atoms with Crippen molar-refractivity contribution in [2.45, 2.75) is 104 Å². The first-order valence-corrected chi connectivity index (χ1v) is 14.6. The van der Waals surface area contributed by atoms with Gasteiger partial charge in [-0.1, -0.05) is 32.8 Å². The van der Waals surface area contributed by atoms with Gasteiger partial charge in [0.05, 0.1) is 0 Å². The van der Waals surface area contributed by atoms with E-state index in [-0.39, 0.29) is 23.6 Å². The first kappa shape index (κ1) is 32.6. The number of hydrogen-bond donors (Lipinski definition) is 3. The molecular formula is C28H47N3O5S. The van der Waals surface area contributed by atoms with Gasteiger partial charge in [-0.25, -0.2) is 4.79 Å². The largest absolute Gasteiger partial charge is 0.508 e. The molecule has 8 nitrogen and oxygen atoms in total. The maximum atomic E-state index is 14.1. The molecule has 0 aliphatic rings. The highest BCUT2D eigenvalue weighted by atomic mass is 32.2. The highest BCUT2D eigenvalue weighted by molar-refractivity contribution is 7.98. The van der Waals surface area contributed by atoms with Crippen molar-refractivity contribution >= 4 is 29.7 Å². The van der Waals surface area contributed by atoms with E-state index >= 15 is 0 Å². The quantitative estimate of drug-likeness (QED) is 0.296. The number of carbonyl (C=O) groups is 3. The molecule has 0 fully saturated rings. The van der Waals surface area contributed by atoms with Crippen LogP contribution in [-0.2, 0) is 14.3 Å². The molecule has 0 aromatic heterocycles. The standard InChI is InChI=1S/C28H47N3O5S/c1-9-11-16-31(26(34)22(15-17-37-8)30-27(35)36-28(5,6)7)24(25(33)29-20(4)12-10-2)21-13-14-23(32)19(3)18-21/h13-14,18,20,22,24,32H,9-12,15-17H2,1-8H3,(H,29,33)(H,30,35). The highest BCUT2D eigenvalue weighted by Gasteiger charge is 2.36. The number of nitrogens with one attached hydrogen (secondary N) is 2. The van der Waals surface area contributed by atoms with Gasteiger partial charge in [-0.05, 0) is 89.1 Å². The fourth-order valence-corrected chi connectivity index (χ4v) is 4.46. The summed E-state index contributed by atoms with van der Waals surface area (Å²) in [4.78, 5) is 42.0. The number of thioether (sulfide) groups is 1. The second kappa shape index (κ2) is 15.7. The lowest BCUT2D eigenvalue weighted by Crippen LogP contribution is -2.54. The van der Waals surface area contributed by atoms with Crippen molar-refractivity contribution in [1.29, 1.82) is 0 Å². The van der Waals surface area contributed by atoms with E-state index in [9.17, 15) is 19.5 Å². The Morgan fingerprint density at radius 2 is 1.78 bits per heavy atom. The average molecular weight is 538 g/mol. The molecule has 1 aromatic rings. The average Bonchev–Trinajstić information content (AvgIpc) is 2.79. The third-order valence-electron chi connectivity index (χ3n) is 5.84. The maximum Gasteiger partial charge on any atom is 0.408 e. The molecule has 0 spiro atoms. The molecule has 9 heteroatoms. The fraction of sp³-hybridized carbons (Fsp3) is 0.679. The fourth-order valence-electron chi connectivity index (χ4n) is 3.99. The zero-order valence-electron chi connectivity index (χ0n) is 23.8. The number of amides is 3. The maximum absolute atomic E-state index is 14.1. The molecule has 210 valence electrons. The van der Waals surface area contributed by atoms with Crippen LogP contribution in [0.5, 0.6) is 5.75 Å². The van der Waals surface area contributed by atoms with E-state index in [0.29, 0.717) is 36.3 Å². The molecule has 1 rings (SSSR count). The van der Waals surface area contributed by atoms with Crippen molar-refractivity contribution in [2.24, 2.45) is 0 Å². The molecule has 37 heavy (non-hydrogen) atoms. The van der Waals surface area contributed by atoms with Crippen molar-refractivity contribution < 1.29 is 24.2 Å². The number of phenolic OH excluding ortho intramolecular Hbond substituents is 1. The number of ether oxygens (including phenoxy) is 1. The van der Waals surface area contributed by atoms with Crippen LogP contribution in [-0.4, -0.2) is 64.2 Å². The van der Waals surface area contributed by atoms with Crippen LogP contribution in [0.1, 0.15) is 90.8 Å². The van der Waals surface area contributed by atoms with Gasteiger partial charge in [-0.2, -0.15) is 11.8 Å². The minimum atomic E-state index is -0.908. The molecule has 3 atom stereocenters. The van der Waals surface area contributed by atoms with Crippen LogP contribution in [0.3, 0.4) is 0 Å². The van der Waals surface area contributed by atoms with E-state index in [0.717, 1.165) is 19.3 Å². The van der Waals surface area contributed by atoms with E-state index in [1.54, 1.807) is 62.6 Å². The van der Waals surface area contributed by atoms with Gasteiger partial charge in [0.1, 0.15) is 23.4 Å².